The van der Waals surface area contributed by atoms with Crippen molar-refractivity contribution in [2.75, 3.05) is 0 Å². The molecule has 0 atom stereocenters. The van der Waals surface area contributed by atoms with Crippen LogP contribution < -0.4 is 0 Å². The molecule has 0 aromatic heterocycles. The zero-order chi connectivity index (χ0) is 22.8. The minimum Gasteiger partial charge on any atom is -0.238 e. The van der Waals surface area contributed by atoms with Crippen LogP contribution in [0, 0.1) is 64.2 Å². The fourth-order valence-electron chi connectivity index (χ4n) is 2.91. The predicted octanol–water partition coefficient (Wildman–Crippen LogP) is 5.04. The Balaban J connectivity index is 2.02. The van der Waals surface area contributed by atoms with E-state index in [9.17, 15) is 10.5 Å². The highest BCUT2D eigenvalue weighted by Gasteiger charge is 2.08. The monoisotopic (exact) mass is 406 g/mol. The third-order valence-electron chi connectivity index (χ3n) is 4.56. The van der Waals surface area contributed by atoms with E-state index >= 15 is 0 Å². The summed E-state index contributed by atoms with van der Waals surface area (Å²) >= 11 is 0. The molecular weight excluding hydrogens is 392 g/mol. The van der Waals surface area contributed by atoms with Crippen molar-refractivity contribution < 1.29 is 0 Å². The van der Waals surface area contributed by atoms with E-state index in [4.69, 9.17) is 11.8 Å². The van der Waals surface area contributed by atoms with Crippen molar-refractivity contribution in [2.45, 2.75) is 12.8 Å². The van der Waals surface area contributed by atoms with Crippen molar-refractivity contribution in [3.8, 4) is 41.9 Å². The third kappa shape index (κ3) is 5.42. The highest BCUT2D eigenvalue weighted by atomic mass is 14.6. The van der Waals surface area contributed by atoms with Crippen molar-refractivity contribution in [1.82, 2.24) is 0 Å². The molecule has 0 amide bonds. The van der Waals surface area contributed by atoms with Gasteiger partial charge in [-0.3, -0.25) is 0 Å². The smallest absolute Gasteiger partial charge is 0.187 e. The number of hydrogen-bond acceptors (Lipinski definition) is 3. The zero-order valence-electron chi connectivity index (χ0n) is 17.0. The molecule has 0 aliphatic rings. The van der Waals surface area contributed by atoms with E-state index in [-0.39, 0.29) is 12.8 Å². The van der Waals surface area contributed by atoms with Gasteiger partial charge in [0.15, 0.2) is 5.69 Å². The molecule has 4 nitrogen and oxygen atoms in total. The van der Waals surface area contributed by atoms with Gasteiger partial charge in [0.2, 0.25) is 0 Å². The van der Waals surface area contributed by atoms with Crippen molar-refractivity contribution in [3.63, 3.8) is 0 Å². The van der Waals surface area contributed by atoms with Gasteiger partial charge in [-0.15, -0.1) is 0 Å². The van der Waals surface area contributed by atoms with Gasteiger partial charge in [-0.05, 0) is 47.5 Å². The van der Waals surface area contributed by atoms with Crippen LogP contribution in [0.2, 0.25) is 0 Å². The Hall–Kier alpha value is -5.26. The second-order valence-corrected chi connectivity index (χ2v) is 6.68. The Bertz CT molecular complexity index is 1330. The minimum absolute atomic E-state index is 0.165. The summed E-state index contributed by atoms with van der Waals surface area (Å²) in [5.41, 5.74) is 5.44. The average Bonchev–Trinajstić information content (AvgIpc) is 2.83. The molecule has 0 fully saturated rings. The standard InChI is InChI=1S/C28H14N4/c1-32-28-12-8-22(9-13-28)7-11-25-19-26(14-16-29)24(18-27(25)15-17-30)10-6-21-2-4-23(20-31)5-3-21/h2-5,8-9,12-13,18-19H,14-15H2. The molecule has 0 saturated carbocycles. The Labute approximate surface area is 187 Å². The molecule has 146 valence electrons. The summed E-state index contributed by atoms with van der Waals surface area (Å²) in [6, 6.07) is 23.9. The van der Waals surface area contributed by atoms with Crippen LogP contribution in [0.4, 0.5) is 5.69 Å². The van der Waals surface area contributed by atoms with Crippen LogP contribution in [0.1, 0.15) is 38.9 Å². The van der Waals surface area contributed by atoms with Crippen LogP contribution in [-0.4, -0.2) is 0 Å². The maximum Gasteiger partial charge on any atom is 0.187 e. The lowest BCUT2D eigenvalue weighted by molar-refractivity contribution is 1.19. The summed E-state index contributed by atoms with van der Waals surface area (Å²) in [5, 5.41) is 27.4. The van der Waals surface area contributed by atoms with E-state index in [0.717, 1.165) is 22.3 Å². The molecule has 0 radical (unpaired) electrons. The maximum atomic E-state index is 9.27. The molecule has 0 heterocycles. The predicted molar refractivity (Wildman–Crippen MR) is 121 cm³/mol. The highest BCUT2D eigenvalue weighted by molar-refractivity contribution is 5.57. The topological polar surface area (TPSA) is 75.7 Å². The summed E-state index contributed by atoms with van der Waals surface area (Å²) in [6.45, 7) is 7.02. The number of benzene rings is 3. The quantitative estimate of drug-likeness (QED) is 0.442. The van der Waals surface area contributed by atoms with E-state index in [0.29, 0.717) is 22.4 Å². The van der Waals surface area contributed by atoms with Crippen LogP contribution in [0.5, 0.6) is 0 Å². The SMILES string of the molecule is [C-]#[N+]c1ccc(C#Cc2cc(CC#N)c(C#Cc3ccc(C#N)cc3)cc2CC#N)cc1. The number of hydrogen-bond donors (Lipinski definition) is 0. The first-order chi connectivity index (χ1) is 15.7. The Morgan fingerprint density at radius 3 is 1.47 bits per heavy atom. The fraction of sp³-hybridized carbons (Fsp3) is 0.0714. The van der Waals surface area contributed by atoms with E-state index < -0.39 is 0 Å². The number of nitriles is 3. The van der Waals surface area contributed by atoms with Gasteiger partial charge in [0.25, 0.3) is 0 Å². The molecule has 3 rings (SSSR count). The normalized spacial score (nSPS) is 8.88. The molecule has 0 aliphatic heterocycles. The molecule has 32 heavy (non-hydrogen) atoms. The lowest BCUT2D eigenvalue weighted by Gasteiger charge is -2.07. The third-order valence-corrected chi connectivity index (χ3v) is 4.56. The van der Waals surface area contributed by atoms with Crippen LogP contribution >= 0.6 is 0 Å². The maximum absolute atomic E-state index is 9.27. The van der Waals surface area contributed by atoms with Crippen molar-refractivity contribution in [3.05, 3.63) is 111 Å². The Morgan fingerprint density at radius 1 is 0.625 bits per heavy atom. The van der Waals surface area contributed by atoms with E-state index in [1.165, 1.54) is 0 Å². The van der Waals surface area contributed by atoms with Gasteiger partial charge in [0.1, 0.15) is 0 Å². The molecular formula is C28H14N4. The van der Waals surface area contributed by atoms with Gasteiger partial charge < -0.3 is 0 Å². The van der Waals surface area contributed by atoms with E-state index in [1.54, 1.807) is 48.5 Å². The van der Waals surface area contributed by atoms with Crippen LogP contribution in [0.25, 0.3) is 4.85 Å². The largest absolute Gasteiger partial charge is 0.238 e. The van der Waals surface area contributed by atoms with Crippen molar-refractivity contribution in [1.29, 1.82) is 15.8 Å². The Morgan fingerprint density at radius 2 is 1.06 bits per heavy atom. The average molecular weight is 406 g/mol. The summed E-state index contributed by atoms with van der Waals surface area (Å²) in [4.78, 5) is 3.37. The van der Waals surface area contributed by atoms with Crippen LogP contribution in [0.15, 0.2) is 60.7 Å². The van der Waals surface area contributed by atoms with Gasteiger partial charge in [-0.2, -0.15) is 15.8 Å². The van der Waals surface area contributed by atoms with Gasteiger partial charge in [0, 0.05) is 22.3 Å². The first-order valence-corrected chi connectivity index (χ1v) is 9.58. The van der Waals surface area contributed by atoms with Gasteiger partial charge in [-0.25, -0.2) is 4.85 Å². The first kappa shape index (κ1) is 21.4. The van der Waals surface area contributed by atoms with E-state index in [1.807, 2.05) is 12.1 Å². The molecule has 0 unspecified atom stereocenters. The molecule has 3 aromatic carbocycles. The van der Waals surface area contributed by atoms with Crippen molar-refractivity contribution in [2.24, 2.45) is 0 Å². The Kier molecular flexibility index (Phi) is 7.04. The number of nitrogens with zero attached hydrogens (tertiary/aromatic N) is 4. The van der Waals surface area contributed by atoms with Gasteiger partial charge >= 0.3 is 0 Å². The minimum atomic E-state index is 0.165. The molecule has 0 N–H and O–H groups in total. The molecule has 0 saturated heterocycles. The molecule has 3 aromatic rings. The van der Waals surface area contributed by atoms with Gasteiger partial charge in [-0.1, -0.05) is 47.9 Å². The summed E-state index contributed by atoms with van der Waals surface area (Å²) < 4.78 is 0. The highest BCUT2D eigenvalue weighted by Crippen LogP contribution is 2.19. The van der Waals surface area contributed by atoms with Crippen LogP contribution in [-0.2, 0) is 12.8 Å². The first-order valence-electron chi connectivity index (χ1n) is 9.58. The summed E-state index contributed by atoms with van der Waals surface area (Å²) in [7, 11) is 0. The molecule has 0 aliphatic carbocycles. The zero-order valence-corrected chi connectivity index (χ0v) is 17.0. The molecule has 0 spiro atoms. The molecule has 4 heteroatoms. The van der Waals surface area contributed by atoms with Crippen LogP contribution in [0.3, 0.4) is 0 Å². The lowest BCUT2D eigenvalue weighted by atomic mass is 9.95. The second-order valence-electron chi connectivity index (χ2n) is 6.68. The summed E-state index contributed by atoms with van der Waals surface area (Å²) in [6.07, 6.45) is 0.331. The molecule has 0 bridgehead atoms. The van der Waals surface area contributed by atoms with Crippen molar-refractivity contribution >= 4 is 5.69 Å². The van der Waals surface area contributed by atoms with E-state index in [2.05, 4.69) is 46.7 Å². The number of rotatable bonds is 2. The van der Waals surface area contributed by atoms with Gasteiger partial charge in [0.05, 0.1) is 43.2 Å². The second kappa shape index (κ2) is 10.5. The fourth-order valence-corrected chi connectivity index (χ4v) is 2.91. The lowest BCUT2D eigenvalue weighted by Crippen LogP contribution is -1.97. The summed E-state index contributed by atoms with van der Waals surface area (Å²) in [5.74, 6) is 12.3.